The molecular formula is C16H13BrCl3F. The number of hydrogen-bond acceptors (Lipinski definition) is 0. The molecule has 21 heavy (non-hydrogen) atoms. The van der Waals surface area contributed by atoms with Crippen molar-refractivity contribution in [2.45, 2.75) is 11.8 Å². The number of halogens is 5. The average Bonchev–Trinajstić information content (AvgIpc) is 2.50. The Morgan fingerprint density at radius 1 is 1.00 bits per heavy atom. The first kappa shape index (κ1) is 17.1. The van der Waals surface area contributed by atoms with E-state index in [-0.39, 0.29) is 5.82 Å². The van der Waals surface area contributed by atoms with Crippen molar-refractivity contribution in [2.24, 2.45) is 0 Å². The molecule has 0 aliphatic heterocycles. The van der Waals surface area contributed by atoms with Crippen molar-refractivity contribution >= 4 is 50.7 Å². The average molecular weight is 411 g/mol. The van der Waals surface area contributed by atoms with E-state index in [4.69, 9.17) is 34.8 Å². The molecule has 0 saturated heterocycles. The summed E-state index contributed by atoms with van der Waals surface area (Å²) in [4.78, 5) is 0. The Hall–Kier alpha value is -0.280. The number of hydrogen-bond donors (Lipinski definition) is 0. The molecule has 0 fully saturated rings. The second-order valence-electron chi connectivity index (χ2n) is 4.92. The van der Waals surface area contributed by atoms with Crippen molar-refractivity contribution in [1.82, 2.24) is 0 Å². The number of rotatable bonds is 5. The van der Waals surface area contributed by atoms with Crippen LogP contribution in [0.15, 0.2) is 46.9 Å². The highest BCUT2D eigenvalue weighted by molar-refractivity contribution is 9.10. The second kappa shape index (κ2) is 7.32. The molecule has 2 aromatic rings. The quantitative estimate of drug-likeness (QED) is 0.515. The van der Waals surface area contributed by atoms with E-state index in [0.717, 1.165) is 11.1 Å². The molecule has 0 N–H and O–H groups in total. The Labute approximate surface area is 147 Å². The van der Waals surface area contributed by atoms with Crippen LogP contribution in [0.4, 0.5) is 4.39 Å². The standard InChI is InChI=1S/C16H13BrCl3F/c17-15-11(4-3-7-14(15)21)8-16(9-18,10-19)12-5-1-2-6-13(12)20/h1-7H,8-10H2. The summed E-state index contributed by atoms with van der Waals surface area (Å²) in [5.74, 6) is 0.288. The Kier molecular flexibility index (Phi) is 5.96. The molecule has 0 spiro atoms. The highest BCUT2D eigenvalue weighted by atomic mass is 79.9. The topological polar surface area (TPSA) is 0 Å². The molecule has 5 heteroatoms. The third kappa shape index (κ3) is 3.56. The van der Waals surface area contributed by atoms with Crippen LogP contribution in [0.2, 0.25) is 5.02 Å². The monoisotopic (exact) mass is 408 g/mol. The lowest BCUT2D eigenvalue weighted by Crippen LogP contribution is -2.34. The van der Waals surface area contributed by atoms with Gasteiger partial charge in [-0.15, -0.1) is 23.2 Å². The van der Waals surface area contributed by atoms with Crippen molar-refractivity contribution in [2.75, 3.05) is 11.8 Å². The number of alkyl halides is 2. The van der Waals surface area contributed by atoms with Crippen LogP contribution in [-0.4, -0.2) is 11.8 Å². The van der Waals surface area contributed by atoms with Crippen LogP contribution in [0.5, 0.6) is 0 Å². The van der Waals surface area contributed by atoms with Crippen molar-refractivity contribution < 1.29 is 4.39 Å². The molecule has 0 nitrogen and oxygen atoms in total. The fourth-order valence-electron chi connectivity index (χ4n) is 2.31. The van der Waals surface area contributed by atoms with Gasteiger partial charge in [0.15, 0.2) is 0 Å². The summed E-state index contributed by atoms with van der Waals surface area (Å²) in [7, 11) is 0. The van der Waals surface area contributed by atoms with Crippen molar-refractivity contribution in [1.29, 1.82) is 0 Å². The Morgan fingerprint density at radius 3 is 2.29 bits per heavy atom. The fourth-order valence-corrected chi connectivity index (χ4v) is 3.81. The molecule has 0 radical (unpaired) electrons. The van der Waals surface area contributed by atoms with Gasteiger partial charge in [0.2, 0.25) is 0 Å². The summed E-state index contributed by atoms with van der Waals surface area (Å²) in [5.41, 5.74) is 1.15. The molecule has 0 aliphatic carbocycles. The van der Waals surface area contributed by atoms with E-state index >= 15 is 0 Å². The van der Waals surface area contributed by atoms with Gasteiger partial charge >= 0.3 is 0 Å². The first-order chi connectivity index (χ1) is 10.0. The van der Waals surface area contributed by atoms with Gasteiger partial charge in [0.1, 0.15) is 5.82 Å². The van der Waals surface area contributed by atoms with Crippen LogP contribution in [-0.2, 0) is 11.8 Å². The van der Waals surface area contributed by atoms with Gasteiger partial charge in [-0.25, -0.2) is 4.39 Å². The molecule has 0 aliphatic rings. The van der Waals surface area contributed by atoms with E-state index in [0.29, 0.717) is 27.7 Å². The smallest absolute Gasteiger partial charge is 0.137 e. The Bertz CT molecular complexity index is 627. The van der Waals surface area contributed by atoms with Gasteiger partial charge in [-0.2, -0.15) is 0 Å². The summed E-state index contributed by atoms with van der Waals surface area (Å²) >= 11 is 22.0. The summed E-state index contributed by atoms with van der Waals surface area (Å²) in [6, 6.07) is 12.4. The minimum atomic E-state index is -0.544. The van der Waals surface area contributed by atoms with Crippen molar-refractivity contribution in [3.63, 3.8) is 0 Å². The van der Waals surface area contributed by atoms with Gasteiger partial charge in [-0.3, -0.25) is 0 Å². The summed E-state index contributed by atoms with van der Waals surface area (Å²) < 4.78 is 14.1. The third-order valence-electron chi connectivity index (χ3n) is 3.52. The predicted molar refractivity (Wildman–Crippen MR) is 92.4 cm³/mol. The van der Waals surface area contributed by atoms with E-state index in [1.807, 2.05) is 30.3 Å². The van der Waals surface area contributed by atoms with Gasteiger partial charge in [-0.1, -0.05) is 41.9 Å². The molecule has 0 unspecified atom stereocenters. The molecule has 0 atom stereocenters. The van der Waals surface area contributed by atoms with E-state index in [2.05, 4.69) is 15.9 Å². The largest absolute Gasteiger partial charge is 0.206 e. The lowest BCUT2D eigenvalue weighted by Gasteiger charge is -2.31. The van der Waals surface area contributed by atoms with E-state index in [1.54, 1.807) is 6.07 Å². The summed E-state index contributed by atoms with van der Waals surface area (Å²) in [6.45, 7) is 0. The van der Waals surface area contributed by atoms with Crippen LogP contribution >= 0.6 is 50.7 Å². The van der Waals surface area contributed by atoms with Crippen LogP contribution in [0.3, 0.4) is 0 Å². The minimum absolute atomic E-state index is 0.295. The zero-order chi connectivity index (χ0) is 15.5. The van der Waals surface area contributed by atoms with E-state index in [1.165, 1.54) is 6.07 Å². The van der Waals surface area contributed by atoms with Crippen LogP contribution < -0.4 is 0 Å². The minimum Gasteiger partial charge on any atom is -0.206 e. The van der Waals surface area contributed by atoms with E-state index < -0.39 is 5.41 Å². The molecule has 2 aromatic carbocycles. The van der Waals surface area contributed by atoms with Crippen LogP contribution in [0.25, 0.3) is 0 Å². The maximum absolute atomic E-state index is 13.7. The van der Waals surface area contributed by atoms with Crippen molar-refractivity contribution in [3.8, 4) is 0 Å². The third-order valence-corrected chi connectivity index (χ3v) is 5.76. The lowest BCUT2D eigenvalue weighted by molar-refractivity contribution is 0.531. The molecular weight excluding hydrogens is 397 g/mol. The Balaban J connectivity index is 2.49. The molecule has 0 aromatic heterocycles. The normalized spacial score (nSPS) is 11.7. The second-order valence-corrected chi connectivity index (χ2v) is 6.65. The molecule has 0 saturated carbocycles. The van der Waals surface area contributed by atoms with Gasteiger partial charge in [0.05, 0.1) is 4.47 Å². The predicted octanol–water partition coefficient (Wildman–Crippen LogP) is 6.20. The van der Waals surface area contributed by atoms with Gasteiger partial charge in [0, 0.05) is 22.2 Å². The van der Waals surface area contributed by atoms with Gasteiger partial charge in [0.25, 0.3) is 0 Å². The highest BCUT2D eigenvalue weighted by Gasteiger charge is 2.33. The maximum atomic E-state index is 13.7. The zero-order valence-electron chi connectivity index (χ0n) is 11.1. The first-order valence-electron chi connectivity index (χ1n) is 6.34. The lowest BCUT2D eigenvalue weighted by atomic mass is 9.78. The first-order valence-corrected chi connectivity index (χ1v) is 8.58. The molecule has 0 amide bonds. The molecule has 0 heterocycles. The number of benzene rings is 2. The van der Waals surface area contributed by atoms with Gasteiger partial charge in [-0.05, 0) is 45.6 Å². The molecule has 0 bridgehead atoms. The zero-order valence-corrected chi connectivity index (χ0v) is 14.9. The summed E-state index contributed by atoms with van der Waals surface area (Å²) in [5, 5.41) is 0.617. The van der Waals surface area contributed by atoms with Crippen LogP contribution in [0.1, 0.15) is 11.1 Å². The van der Waals surface area contributed by atoms with Crippen LogP contribution in [0, 0.1) is 5.82 Å². The van der Waals surface area contributed by atoms with Gasteiger partial charge < -0.3 is 0 Å². The molecule has 2 rings (SSSR count). The summed E-state index contributed by atoms with van der Waals surface area (Å²) in [6.07, 6.45) is 0.502. The highest BCUT2D eigenvalue weighted by Crippen LogP contribution is 2.37. The SMILES string of the molecule is Fc1cccc(CC(CCl)(CCl)c2ccccc2Cl)c1Br. The Morgan fingerprint density at radius 2 is 1.67 bits per heavy atom. The van der Waals surface area contributed by atoms with Crippen molar-refractivity contribution in [3.05, 3.63) is 68.9 Å². The molecule has 112 valence electrons. The van der Waals surface area contributed by atoms with E-state index in [9.17, 15) is 4.39 Å². The fraction of sp³-hybridized carbons (Fsp3) is 0.250. The maximum Gasteiger partial charge on any atom is 0.137 e.